The molecule has 2 heterocycles. The lowest BCUT2D eigenvalue weighted by molar-refractivity contribution is -0.114. The highest BCUT2D eigenvalue weighted by Gasteiger charge is 2.31. The van der Waals surface area contributed by atoms with Gasteiger partial charge >= 0.3 is 5.97 Å². The number of rotatable bonds is 3. The molecule has 0 radical (unpaired) electrons. The molecule has 1 aromatic carbocycles. The first-order valence-corrected chi connectivity index (χ1v) is 7.09. The number of esters is 1. The maximum atomic E-state index is 12.1. The normalized spacial score (nSPS) is 16.6. The first kappa shape index (κ1) is 15.0. The minimum atomic E-state index is -0.401. The fourth-order valence-electron chi connectivity index (χ4n) is 2.77. The number of Topliss-reactive ketones (excluding diaryl/α,β-unsaturated/α-hetero) is 1. The number of hydrogen-bond acceptors (Lipinski definition) is 6. The van der Waals surface area contributed by atoms with Crippen LogP contribution in [0.2, 0.25) is 0 Å². The molecule has 118 valence electrons. The van der Waals surface area contributed by atoms with E-state index in [1.807, 2.05) is 6.92 Å². The highest BCUT2D eigenvalue weighted by molar-refractivity contribution is 5.96. The standard InChI is InChI=1S/C16H16N4O3/c1-9-13(10(2)21)14(20-16(19-9)17-8-18-20)11-4-6-12(7-5-11)15(22)23-3/h4-8,14H,1-3H3,(H,17,18,19)/t14-/m1/s1. The van der Waals surface area contributed by atoms with Crippen molar-refractivity contribution in [3.8, 4) is 0 Å². The van der Waals surface area contributed by atoms with Crippen molar-refractivity contribution in [1.82, 2.24) is 14.8 Å². The molecule has 0 saturated heterocycles. The summed E-state index contributed by atoms with van der Waals surface area (Å²) in [6.07, 6.45) is 1.44. The Morgan fingerprint density at radius 2 is 1.96 bits per heavy atom. The molecule has 0 fully saturated rings. The van der Waals surface area contributed by atoms with Crippen molar-refractivity contribution in [3.63, 3.8) is 0 Å². The molecule has 0 unspecified atom stereocenters. The van der Waals surface area contributed by atoms with Crippen LogP contribution in [0.4, 0.5) is 5.95 Å². The number of allylic oxidation sites excluding steroid dienone is 2. The van der Waals surface area contributed by atoms with Gasteiger partial charge in [-0.25, -0.2) is 9.48 Å². The Kier molecular flexibility index (Phi) is 3.69. The summed E-state index contributed by atoms with van der Waals surface area (Å²) in [7, 11) is 1.34. The first-order valence-electron chi connectivity index (χ1n) is 7.09. The Bertz CT molecular complexity index is 805. The Balaban J connectivity index is 2.09. The lowest BCUT2D eigenvalue weighted by Crippen LogP contribution is -2.27. The van der Waals surface area contributed by atoms with E-state index in [4.69, 9.17) is 4.74 Å². The fourth-order valence-corrected chi connectivity index (χ4v) is 2.77. The van der Waals surface area contributed by atoms with Crippen LogP contribution in [-0.2, 0) is 9.53 Å². The van der Waals surface area contributed by atoms with Gasteiger partial charge in [-0.3, -0.25) is 4.79 Å². The third-order valence-corrected chi connectivity index (χ3v) is 3.82. The van der Waals surface area contributed by atoms with E-state index >= 15 is 0 Å². The Morgan fingerprint density at radius 1 is 1.26 bits per heavy atom. The van der Waals surface area contributed by atoms with Gasteiger partial charge in [0.25, 0.3) is 0 Å². The van der Waals surface area contributed by atoms with E-state index in [2.05, 4.69) is 15.4 Å². The van der Waals surface area contributed by atoms with Crippen molar-refractivity contribution >= 4 is 17.7 Å². The van der Waals surface area contributed by atoms with Gasteiger partial charge in [0.05, 0.1) is 12.7 Å². The minimum Gasteiger partial charge on any atom is -0.465 e. The van der Waals surface area contributed by atoms with Gasteiger partial charge in [0, 0.05) is 11.3 Å². The molecule has 7 heteroatoms. The predicted octanol–water partition coefficient (Wildman–Crippen LogP) is 1.94. The van der Waals surface area contributed by atoms with E-state index in [1.54, 1.807) is 28.9 Å². The van der Waals surface area contributed by atoms with Gasteiger partial charge in [-0.05, 0) is 31.5 Å². The summed E-state index contributed by atoms with van der Waals surface area (Å²) in [5, 5.41) is 7.30. The van der Waals surface area contributed by atoms with Crippen LogP contribution < -0.4 is 5.32 Å². The zero-order valence-corrected chi connectivity index (χ0v) is 13.0. The summed E-state index contributed by atoms with van der Waals surface area (Å²) < 4.78 is 6.37. The molecule has 23 heavy (non-hydrogen) atoms. The summed E-state index contributed by atoms with van der Waals surface area (Å²) in [5.74, 6) is 0.134. The second kappa shape index (κ2) is 5.68. The van der Waals surface area contributed by atoms with Gasteiger partial charge in [-0.2, -0.15) is 10.1 Å². The molecule has 7 nitrogen and oxygen atoms in total. The van der Waals surface area contributed by atoms with E-state index in [0.29, 0.717) is 17.1 Å². The molecule has 1 aliphatic rings. The van der Waals surface area contributed by atoms with Gasteiger partial charge in [0.1, 0.15) is 12.4 Å². The van der Waals surface area contributed by atoms with E-state index in [0.717, 1.165) is 11.3 Å². The number of benzene rings is 1. The molecule has 1 N–H and O–H groups in total. The zero-order chi connectivity index (χ0) is 16.6. The molecule has 0 aliphatic carbocycles. The topological polar surface area (TPSA) is 86.1 Å². The van der Waals surface area contributed by atoms with Gasteiger partial charge in [0.2, 0.25) is 5.95 Å². The van der Waals surface area contributed by atoms with Crippen LogP contribution in [0.25, 0.3) is 0 Å². The second-order valence-electron chi connectivity index (χ2n) is 5.26. The third-order valence-electron chi connectivity index (χ3n) is 3.82. The number of methoxy groups -OCH3 is 1. The quantitative estimate of drug-likeness (QED) is 0.872. The van der Waals surface area contributed by atoms with Crippen LogP contribution in [0.15, 0.2) is 41.9 Å². The van der Waals surface area contributed by atoms with E-state index in [-0.39, 0.29) is 11.8 Å². The smallest absolute Gasteiger partial charge is 0.337 e. The number of nitrogens with one attached hydrogen (secondary N) is 1. The second-order valence-corrected chi connectivity index (χ2v) is 5.26. The maximum absolute atomic E-state index is 12.1. The monoisotopic (exact) mass is 312 g/mol. The first-order chi connectivity index (χ1) is 11.0. The largest absolute Gasteiger partial charge is 0.465 e. The zero-order valence-electron chi connectivity index (χ0n) is 13.0. The van der Waals surface area contributed by atoms with Gasteiger partial charge in [-0.15, -0.1) is 0 Å². The molecule has 0 amide bonds. The SMILES string of the molecule is COC(=O)c1ccc([C@@H]2C(C(C)=O)=C(C)Nc3ncnn32)cc1. The maximum Gasteiger partial charge on any atom is 0.337 e. The molecule has 0 spiro atoms. The van der Waals surface area contributed by atoms with Gasteiger partial charge in [0.15, 0.2) is 5.78 Å². The number of ether oxygens (including phenoxy) is 1. The molecule has 1 atom stereocenters. The Hall–Kier alpha value is -2.96. The van der Waals surface area contributed by atoms with Crippen molar-refractivity contribution < 1.29 is 14.3 Å². The van der Waals surface area contributed by atoms with Crippen LogP contribution in [0.5, 0.6) is 0 Å². The minimum absolute atomic E-state index is 0.0433. The highest BCUT2D eigenvalue weighted by atomic mass is 16.5. The summed E-state index contributed by atoms with van der Waals surface area (Å²) in [5.41, 5.74) is 2.67. The summed E-state index contributed by atoms with van der Waals surface area (Å²) in [4.78, 5) is 27.8. The number of aromatic nitrogens is 3. The average Bonchev–Trinajstić information content (AvgIpc) is 3.00. The fraction of sp³-hybridized carbons (Fsp3) is 0.250. The Morgan fingerprint density at radius 3 is 2.57 bits per heavy atom. The van der Waals surface area contributed by atoms with Crippen LogP contribution in [0, 0.1) is 0 Å². The van der Waals surface area contributed by atoms with E-state index in [9.17, 15) is 9.59 Å². The highest BCUT2D eigenvalue weighted by Crippen LogP contribution is 2.34. The van der Waals surface area contributed by atoms with Crippen molar-refractivity contribution in [3.05, 3.63) is 53.0 Å². The number of carbonyl (C=O) groups is 2. The molecule has 0 saturated carbocycles. The molecule has 0 bridgehead atoms. The number of anilines is 1. The molecular formula is C16H16N4O3. The summed E-state index contributed by atoms with van der Waals surface area (Å²) in [6.45, 7) is 3.36. The molecule has 1 aromatic heterocycles. The van der Waals surface area contributed by atoms with Crippen molar-refractivity contribution in [1.29, 1.82) is 0 Å². The summed E-state index contributed by atoms with van der Waals surface area (Å²) >= 11 is 0. The number of nitrogens with zero attached hydrogens (tertiary/aromatic N) is 3. The van der Waals surface area contributed by atoms with Crippen LogP contribution in [0.1, 0.15) is 35.8 Å². The molecular weight excluding hydrogens is 296 g/mol. The number of carbonyl (C=O) groups excluding carboxylic acids is 2. The Labute approximate surface area is 133 Å². The lowest BCUT2D eigenvalue weighted by atomic mass is 9.93. The van der Waals surface area contributed by atoms with Gasteiger partial charge in [-0.1, -0.05) is 12.1 Å². The predicted molar refractivity (Wildman–Crippen MR) is 82.9 cm³/mol. The van der Waals surface area contributed by atoms with Crippen molar-refractivity contribution in [2.75, 3.05) is 12.4 Å². The van der Waals surface area contributed by atoms with Gasteiger partial charge < -0.3 is 10.1 Å². The number of fused-ring (bicyclic) bond motifs is 1. The average molecular weight is 312 g/mol. The molecule has 1 aliphatic heterocycles. The molecule has 2 aromatic rings. The number of ketones is 1. The van der Waals surface area contributed by atoms with E-state index in [1.165, 1.54) is 20.4 Å². The van der Waals surface area contributed by atoms with Crippen LogP contribution in [-0.4, -0.2) is 33.6 Å². The van der Waals surface area contributed by atoms with Crippen molar-refractivity contribution in [2.45, 2.75) is 19.9 Å². The van der Waals surface area contributed by atoms with Crippen LogP contribution in [0.3, 0.4) is 0 Å². The number of hydrogen-bond donors (Lipinski definition) is 1. The third kappa shape index (κ3) is 2.50. The van der Waals surface area contributed by atoms with Crippen LogP contribution >= 0.6 is 0 Å². The summed E-state index contributed by atoms with van der Waals surface area (Å²) in [6, 6.07) is 6.56. The van der Waals surface area contributed by atoms with Crippen molar-refractivity contribution in [2.24, 2.45) is 0 Å². The molecule has 3 rings (SSSR count). The lowest BCUT2D eigenvalue weighted by Gasteiger charge is -2.28. The van der Waals surface area contributed by atoms with E-state index < -0.39 is 5.97 Å².